The Bertz CT molecular complexity index is 539. The van der Waals surface area contributed by atoms with Crippen molar-refractivity contribution in [3.05, 3.63) is 23.5 Å². The third-order valence-corrected chi connectivity index (χ3v) is 3.70. The molecule has 0 aromatic heterocycles. The second kappa shape index (κ2) is 6.03. The Kier molecular flexibility index (Phi) is 4.37. The summed E-state index contributed by atoms with van der Waals surface area (Å²) in [5.41, 5.74) is 1.48. The summed E-state index contributed by atoms with van der Waals surface area (Å²) in [4.78, 5) is 23.3. The number of fused-ring (bicyclic) bond motifs is 1. The number of anilines is 2. The molecule has 0 bridgehead atoms. The van der Waals surface area contributed by atoms with Crippen molar-refractivity contribution < 1.29 is 14.0 Å². The Labute approximate surface area is 117 Å². The maximum absolute atomic E-state index is 14.0. The van der Waals surface area contributed by atoms with Crippen molar-refractivity contribution in [2.75, 3.05) is 10.6 Å². The van der Waals surface area contributed by atoms with Crippen LogP contribution in [0.5, 0.6) is 0 Å². The van der Waals surface area contributed by atoms with Gasteiger partial charge < -0.3 is 10.6 Å². The molecule has 108 valence electrons. The molecule has 0 radical (unpaired) electrons. The zero-order valence-electron chi connectivity index (χ0n) is 11.8. The number of carbonyl (C=O) groups excluding carboxylic acids is 2. The predicted molar refractivity (Wildman–Crippen MR) is 76.1 cm³/mol. The van der Waals surface area contributed by atoms with Gasteiger partial charge in [0.15, 0.2) is 0 Å². The van der Waals surface area contributed by atoms with Crippen molar-refractivity contribution in [1.82, 2.24) is 0 Å². The molecule has 1 aromatic carbocycles. The summed E-state index contributed by atoms with van der Waals surface area (Å²) < 4.78 is 14.0. The Balaban J connectivity index is 2.22. The fourth-order valence-corrected chi connectivity index (χ4v) is 2.39. The molecule has 20 heavy (non-hydrogen) atoms. The van der Waals surface area contributed by atoms with E-state index >= 15 is 0 Å². The van der Waals surface area contributed by atoms with Crippen LogP contribution in [-0.4, -0.2) is 11.8 Å². The van der Waals surface area contributed by atoms with Gasteiger partial charge in [0.05, 0.1) is 5.69 Å². The average molecular weight is 278 g/mol. The molecule has 1 aliphatic heterocycles. The second-order valence-corrected chi connectivity index (χ2v) is 5.04. The lowest BCUT2D eigenvalue weighted by Crippen LogP contribution is -2.23. The first-order valence-electron chi connectivity index (χ1n) is 6.98. The third kappa shape index (κ3) is 2.98. The normalized spacial score (nSPS) is 13.9. The van der Waals surface area contributed by atoms with Crippen molar-refractivity contribution in [1.29, 1.82) is 0 Å². The van der Waals surface area contributed by atoms with Gasteiger partial charge in [-0.2, -0.15) is 0 Å². The van der Waals surface area contributed by atoms with Crippen LogP contribution in [0.25, 0.3) is 0 Å². The van der Waals surface area contributed by atoms with Crippen LogP contribution in [0.1, 0.15) is 38.7 Å². The first kappa shape index (κ1) is 14.5. The second-order valence-electron chi connectivity index (χ2n) is 5.04. The Morgan fingerprint density at radius 2 is 2.05 bits per heavy atom. The number of aryl methyl sites for hydroxylation is 1. The standard InChI is InChI=1S/C15H19FN2O2/c1-3-9(4-2)15(20)18-13-8-12-10(7-11(13)16)5-6-14(19)17-12/h7-9H,3-6H2,1-2H3,(H,17,19)(H,18,20). The van der Waals surface area contributed by atoms with Gasteiger partial charge in [-0.05, 0) is 37.0 Å². The highest BCUT2D eigenvalue weighted by atomic mass is 19.1. The first-order valence-corrected chi connectivity index (χ1v) is 6.98. The lowest BCUT2D eigenvalue weighted by atomic mass is 10.0. The molecule has 0 aliphatic carbocycles. The van der Waals surface area contributed by atoms with E-state index < -0.39 is 5.82 Å². The van der Waals surface area contributed by atoms with Gasteiger partial charge in [-0.15, -0.1) is 0 Å². The molecule has 0 fully saturated rings. The number of hydrogen-bond donors (Lipinski definition) is 2. The van der Waals surface area contributed by atoms with Crippen LogP contribution in [-0.2, 0) is 16.0 Å². The smallest absolute Gasteiger partial charge is 0.227 e. The van der Waals surface area contributed by atoms with Gasteiger partial charge in [0.25, 0.3) is 0 Å². The van der Waals surface area contributed by atoms with E-state index in [4.69, 9.17) is 0 Å². The summed E-state index contributed by atoms with van der Waals surface area (Å²) in [6, 6.07) is 2.89. The highest BCUT2D eigenvalue weighted by Crippen LogP contribution is 2.29. The van der Waals surface area contributed by atoms with Crippen molar-refractivity contribution in [2.45, 2.75) is 39.5 Å². The van der Waals surface area contributed by atoms with Crippen molar-refractivity contribution >= 4 is 23.2 Å². The van der Waals surface area contributed by atoms with E-state index in [0.717, 1.165) is 5.56 Å². The highest BCUT2D eigenvalue weighted by molar-refractivity contribution is 5.97. The average Bonchev–Trinajstić information content (AvgIpc) is 2.41. The van der Waals surface area contributed by atoms with E-state index in [2.05, 4.69) is 10.6 Å². The van der Waals surface area contributed by atoms with Crippen LogP contribution in [0.4, 0.5) is 15.8 Å². The van der Waals surface area contributed by atoms with Crippen molar-refractivity contribution in [3.8, 4) is 0 Å². The number of hydrogen-bond acceptors (Lipinski definition) is 2. The third-order valence-electron chi connectivity index (χ3n) is 3.70. The van der Waals surface area contributed by atoms with Crippen LogP contribution in [0.3, 0.4) is 0 Å². The van der Waals surface area contributed by atoms with Crippen molar-refractivity contribution in [2.24, 2.45) is 5.92 Å². The molecule has 0 unspecified atom stereocenters. The summed E-state index contributed by atoms with van der Waals surface area (Å²) >= 11 is 0. The molecule has 2 N–H and O–H groups in total. The molecule has 0 atom stereocenters. The van der Waals surface area contributed by atoms with Gasteiger partial charge in [0.1, 0.15) is 5.82 Å². The minimum absolute atomic E-state index is 0.0821. The molecule has 1 aliphatic rings. The maximum Gasteiger partial charge on any atom is 0.227 e. The Hall–Kier alpha value is -1.91. The van der Waals surface area contributed by atoms with Gasteiger partial charge >= 0.3 is 0 Å². The van der Waals surface area contributed by atoms with E-state index in [0.29, 0.717) is 31.4 Å². The van der Waals surface area contributed by atoms with Crippen LogP contribution in [0, 0.1) is 11.7 Å². The summed E-state index contributed by atoms with van der Waals surface area (Å²) in [5.74, 6) is -0.850. The lowest BCUT2D eigenvalue weighted by molar-refractivity contribution is -0.120. The zero-order valence-corrected chi connectivity index (χ0v) is 11.8. The van der Waals surface area contributed by atoms with Crippen LogP contribution in [0.2, 0.25) is 0 Å². The number of nitrogens with one attached hydrogen (secondary N) is 2. The minimum atomic E-state index is -0.459. The van der Waals surface area contributed by atoms with Gasteiger partial charge in [-0.25, -0.2) is 4.39 Å². The summed E-state index contributed by atoms with van der Waals surface area (Å²) in [6.07, 6.45) is 2.32. The molecule has 1 heterocycles. The molecular weight excluding hydrogens is 259 g/mol. The van der Waals surface area contributed by atoms with E-state index in [1.807, 2.05) is 13.8 Å². The molecule has 0 saturated carbocycles. The van der Waals surface area contributed by atoms with Gasteiger partial charge in [0.2, 0.25) is 11.8 Å². The van der Waals surface area contributed by atoms with Crippen LogP contribution < -0.4 is 10.6 Å². The molecule has 5 heteroatoms. The van der Waals surface area contributed by atoms with Crippen LogP contribution >= 0.6 is 0 Å². The van der Waals surface area contributed by atoms with Crippen molar-refractivity contribution in [3.63, 3.8) is 0 Å². The molecule has 4 nitrogen and oxygen atoms in total. The summed E-state index contributed by atoms with van der Waals surface area (Å²) in [7, 11) is 0. The quantitative estimate of drug-likeness (QED) is 0.889. The predicted octanol–water partition coefficient (Wildman–Crippen LogP) is 3.09. The van der Waals surface area contributed by atoms with E-state index in [1.165, 1.54) is 12.1 Å². The SMILES string of the molecule is CCC(CC)C(=O)Nc1cc2c(cc1F)CCC(=O)N2. The summed E-state index contributed by atoms with van der Waals surface area (Å²) in [6.45, 7) is 3.86. The van der Waals surface area contributed by atoms with E-state index in [-0.39, 0.29) is 23.4 Å². The minimum Gasteiger partial charge on any atom is -0.326 e. The monoisotopic (exact) mass is 278 g/mol. The van der Waals surface area contributed by atoms with Gasteiger partial charge in [-0.1, -0.05) is 13.8 Å². The molecular formula is C15H19FN2O2. The Morgan fingerprint density at radius 3 is 2.70 bits per heavy atom. The number of benzene rings is 1. The fraction of sp³-hybridized carbons (Fsp3) is 0.467. The molecule has 0 spiro atoms. The van der Waals surface area contributed by atoms with E-state index in [9.17, 15) is 14.0 Å². The lowest BCUT2D eigenvalue weighted by Gasteiger charge is -2.19. The zero-order chi connectivity index (χ0) is 14.7. The topological polar surface area (TPSA) is 58.2 Å². The van der Waals surface area contributed by atoms with Gasteiger partial charge in [-0.3, -0.25) is 9.59 Å². The van der Waals surface area contributed by atoms with E-state index in [1.54, 1.807) is 0 Å². The first-order chi connectivity index (χ1) is 9.55. The number of carbonyl (C=O) groups is 2. The number of rotatable bonds is 4. The fourth-order valence-electron chi connectivity index (χ4n) is 2.39. The van der Waals surface area contributed by atoms with Crippen LogP contribution in [0.15, 0.2) is 12.1 Å². The maximum atomic E-state index is 14.0. The molecule has 2 amide bonds. The molecule has 1 aromatic rings. The summed E-state index contributed by atoms with van der Waals surface area (Å²) in [5, 5.41) is 5.31. The Morgan fingerprint density at radius 1 is 1.35 bits per heavy atom. The molecule has 0 saturated heterocycles. The van der Waals surface area contributed by atoms with Gasteiger partial charge in [0, 0.05) is 18.0 Å². The highest BCUT2D eigenvalue weighted by Gasteiger charge is 2.20. The largest absolute Gasteiger partial charge is 0.326 e. The number of halogens is 1. The number of amides is 2. The molecule has 2 rings (SSSR count).